The van der Waals surface area contributed by atoms with Gasteiger partial charge in [0.25, 0.3) is 0 Å². The van der Waals surface area contributed by atoms with Gasteiger partial charge in [0, 0.05) is 31.9 Å². The van der Waals surface area contributed by atoms with Gasteiger partial charge in [0.2, 0.25) is 11.8 Å². The van der Waals surface area contributed by atoms with Crippen molar-refractivity contribution in [2.75, 3.05) is 31.5 Å². The highest BCUT2D eigenvalue weighted by Crippen LogP contribution is 2.14. The largest absolute Gasteiger partial charge is 0.340 e. The molecule has 1 fully saturated rings. The molecule has 1 unspecified atom stereocenters. The number of hydrogen-bond acceptors (Lipinski definition) is 3. The van der Waals surface area contributed by atoms with Crippen LogP contribution in [-0.2, 0) is 22.4 Å². The Morgan fingerprint density at radius 2 is 1.52 bits per heavy atom. The summed E-state index contributed by atoms with van der Waals surface area (Å²) in [5.74, 6) is 0.148. The Hall–Kier alpha value is -2.66. The minimum atomic E-state index is -0.227. The molecule has 1 aliphatic rings. The number of carbonyl (C=O) groups is 2. The Morgan fingerprint density at radius 1 is 0.931 bits per heavy atom. The molecule has 1 saturated heterocycles. The van der Waals surface area contributed by atoms with Crippen LogP contribution in [0.25, 0.3) is 0 Å². The molecule has 5 heteroatoms. The maximum absolute atomic E-state index is 12.6. The van der Waals surface area contributed by atoms with E-state index in [0.29, 0.717) is 32.6 Å². The van der Waals surface area contributed by atoms with Gasteiger partial charge in [-0.25, -0.2) is 0 Å². The lowest BCUT2D eigenvalue weighted by molar-refractivity contribution is -0.133. The van der Waals surface area contributed by atoms with Crippen molar-refractivity contribution in [2.45, 2.75) is 39.7 Å². The molecule has 2 aromatic carbocycles. The molecule has 1 N–H and O–H groups in total. The average molecular weight is 394 g/mol. The van der Waals surface area contributed by atoms with Crippen LogP contribution in [0.4, 0.5) is 5.69 Å². The highest BCUT2D eigenvalue weighted by Gasteiger charge is 2.27. The van der Waals surface area contributed by atoms with Gasteiger partial charge in [-0.2, -0.15) is 0 Å². The van der Waals surface area contributed by atoms with Crippen LogP contribution >= 0.6 is 0 Å². The third-order valence-corrected chi connectivity index (χ3v) is 5.70. The van der Waals surface area contributed by atoms with Crippen LogP contribution in [0.2, 0.25) is 0 Å². The molecule has 0 bridgehead atoms. The van der Waals surface area contributed by atoms with Gasteiger partial charge < -0.3 is 10.2 Å². The lowest BCUT2D eigenvalue weighted by Gasteiger charge is -2.37. The molecule has 0 saturated carbocycles. The van der Waals surface area contributed by atoms with Gasteiger partial charge in [-0.15, -0.1) is 0 Å². The molecule has 29 heavy (non-hydrogen) atoms. The van der Waals surface area contributed by atoms with Gasteiger partial charge in [-0.05, 0) is 43.5 Å². The molecule has 0 aromatic heterocycles. The summed E-state index contributed by atoms with van der Waals surface area (Å²) in [6.45, 7) is 8.83. The number of anilines is 1. The van der Waals surface area contributed by atoms with Crippen molar-refractivity contribution in [3.05, 3.63) is 65.2 Å². The van der Waals surface area contributed by atoms with Gasteiger partial charge in [-0.3, -0.25) is 14.5 Å². The number of hydrogen-bond donors (Lipinski definition) is 1. The predicted molar refractivity (Wildman–Crippen MR) is 117 cm³/mol. The van der Waals surface area contributed by atoms with Crippen LogP contribution in [0.3, 0.4) is 0 Å². The van der Waals surface area contributed by atoms with Crippen LogP contribution in [0, 0.1) is 6.92 Å². The van der Waals surface area contributed by atoms with Crippen molar-refractivity contribution in [1.82, 2.24) is 9.80 Å². The van der Waals surface area contributed by atoms with Gasteiger partial charge >= 0.3 is 0 Å². The fourth-order valence-electron chi connectivity index (χ4n) is 3.59. The van der Waals surface area contributed by atoms with Gasteiger partial charge in [0.1, 0.15) is 0 Å². The molecule has 0 aliphatic carbocycles. The number of rotatable bonds is 6. The Morgan fingerprint density at radius 3 is 2.10 bits per heavy atom. The molecule has 2 aromatic rings. The molecule has 1 atom stereocenters. The van der Waals surface area contributed by atoms with Crippen LogP contribution in [0.5, 0.6) is 0 Å². The summed E-state index contributed by atoms with van der Waals surface area (Å²) in [6, 6.07) is 15.9. The zero-order valence-electron chi connectivity index (χ0n) is 17.6. The zero-order valence-corrected chi connectivity index (χ0v) is 17.6. The van der Waals surface area contributed by atoms with Crippen molar-refractivity contribution < 1.29 is 9.59 Å². The third kappa shape index (κ3) is 5.67. The highest BCUT2D eigenvalue weighted by atomic mass is 16.2. The summed E-state index contributed by atoms with van der Waals surface area (Å²) >= 11 is 0. The Balaban J connectivity index is 1.47. The number of carbonyl (C=O) groups excluding carboxylic acids is 2. The number of benzene rings is 2. The van der Waals surface area contributed by atoms with Crippen LogP contribution in [0.1, 0.15) is 30.5 Å². The summed E-state index contributed by atoms with van der Waals surface area (Å²) in [6.07, 6.45) is 1.42. The van der Waals surface area contributed by atoms with Crippen molar-refractivity contribution >= 4 is 17.5 Å². The second-order valence-electron chi connectivity index (χ2n) is 7.79. The van der Waals surface area contributed by atoms with Gasteiger partial charge in [-0.1, -0.05) is 48.9 Å². The minimum absolute atomic E-state index is 0.00585. The van der Waals surface area contributed by atoms with E-state index >= 15 is 0 Å². The first-order chi connectivity index (χ1) is 14.0. The van der Waals surface area contributed by atoms with E-state index in [1.807, 2.05) is 67.3 Å². The second-order valence-corrected chi connectivity index (χ2v) is 7.79. The molecule has 2 amide bonds. The van der Waals surface area contributed by atoms with Crippen LogP contribution in [-0.4, -0.2) is 53.8 Å². The zero-order chi connectivity index (χ0) is 20.8. The molecule has 5 nitrogen and oxygen atoms in total. The molecule has 0 spiro atoms. The maximum Gasteiger partial charge on any atom is 0.241 e. The van der Waals surface area contributed by atoms with E-state index in [2.05, 4.69) is 17.1 Å². The van der Waals surface area contributed by atoms with Crippen LogP contribution in [0.15, 0.2) is 48.5 Å². The summed E-state index contributed by atoms with van der Waals surface area (Å²) in [7, 11) is 0. The summed E-state index contributed by atoms with van der Waals surface area (Å²) in [5.41, 5.74) is 4.32. The second kappa shape index (κ2) is 9.70. The van der Waals surface area contributed by atoms with Crippen LogP contribution < -0.4 is 5.32 Å². The minimum Gasteiger partial charge on any atom is -0.340 e. The maximum atomic E-state index is 12.6. The average Bonchev–Trinajstić information content (AvgIpc) is 2.75. The fraction of sp³-hybridized carbons (Fsp3) is 0.417. The van der Waals surface area contributed by atoms with E-state index < -0.39 is 0 Å². The van der Waals surface area contributed by atoms with Crippen molar-refractivity contribution in [1.29, 1.82) is 0 Å². The lowest BCUT2D eigenvalue weighted by Crippen LogP contribution is -2.54. The number of amides is 2. The summed E-state index contributed by atoms with van der Waals surface area (Å²) in [4.78, 5) is 29.3. The SMILES string of the molecule is CCc1ccc(NC(=O)C(C)N2CCN(C(=O)Cc3ccc(C)cc3)CC2)cc1. The molecule has 1 aliphatic heterocycles. The third-order valence-electron chi connectivity index (χ3n) is 5.70. The smallest absolute Gasteiger partial charge is 0.241 e. The molecule has 1 heterocycles. The quantitative estimate of drug-likeness (QED) is 0.820. The first-order valence-electron chi connectivity index (χ1n) is 10.4. The normalized spacial score (nSPS) is 15.8. The van der Waals surface area contributed by atoms with Gasteiger partial charge in [0.15, 0.2) is 0 Å². The van der Waals surface area contributed by atoms with Crippen molar-refractivity contribution in [2.24, 2.45) is 0 Å². The first-order valence-corrected chi connectivity index (χ1v) is 10.4. The van der Waals surface area contributed by atoms with Gasteiger partial charge in [0.05, 0.1) is 12.5 Å². The molecule has 0 radical (unpaired) electrons. The summed E-state index contributed by atoms with van der Waals surface area (Å²) in [5, 5.41) is 3.00. The topological polar surface area (TPSA) is 52.7 Å². The first kappa shape index (κ1) is 21.1. The lowest BCUT2D eigenvalue weighted by atomic mass is 10.1. The van der Waals surface area contributed by atoms with E-state index in [0.717, 1.165) is 17.7 Å². The molecular formula is C24H31N3O2. The number of piperazine rings is 1. The van der Waals surface area contributed by atoms with E-state index in [1.165, 1.54) is 11.1 Å². The van der Waals surface area contributed by atoms with E-state index in [-0.39, 0.29) is 17.9 Å². The monoisotopic (exact) mass is 393 g/mol. The van der Waals surface area contributed by atoms with Crippen molar-refractivity contribution in [3.63, 3.8) is 0 Å². The van der Waals surface area contributed by atoms with E-state index in [1.54, 1.807) is 0 Å². The van der Waals surface area contributed by atoms with Crippen molar-refractivity contribution in [3.8, 4) is 0 Å². The molecular weight excluding hydrogens is 362 g/mol. The fourth-order valence-corrected chi connectivity index (χ4v) is 3.59. The molecule has 154 valence electrons. The van der Waals surface area contributed by atoms with E-state index in [4.69, 9.17) is 0 Å². The number of nitrogens with one attached hydrogen (secondary N) is 1. The number of nitrogens with zero attached hydrogens (tertiary/aromatic N) is 2. The molecule has 3 rings (SSSR count). The summed E-state index contributed by atoms with van der Waals surface area (Å²) < 4.78 is 0. The van der Waals surface area contributed by atoms with E-state index in [9.17, 15) is 9.59 Å². The Kier molecular flexibility index (Phi) is 7.04. The Bertz CT molecular complexity index is 822. The predicted octanol–water partition coefficient (Wildman–Crippen LogP) is 3.27. The highest BCUT2D eigenvalue weighted by molar-refractivity contribution is 5.94. The Labute approximate surface area is 173 Å². The number of aryl methyl sites for hydroxylation is 2. The standard InChI is InChI=1S/C24H31N3O2/c1-4-20-9-11-22(12-10-20)25-24(29)19(3)26-13-15-27(16-14-26)23(28)17-21-7-5-18(2)6-8-21/h5-12,19H,4,13-17H2,1-3H3,(H,25,29).